The third kappa shape index (κ3) is 1.78. The number of carboxylic acid groups (broad SMARTS) is 1. The third-order valence-electron chi connectivity index (χ3n) is 2.81. The molecule has 0 saturated heterocycles. The van der Waals surface area contributed by atoms with E-state index in [0.717, 1.165) is 0 Å². The van der Waals surface area contributed by atoms with Crippen molar-refractivity contribution in [3.8, 4) is 0 Å². The van der Waals surface area contributed by atoms with E-state index in [1.165, 1.54) is 19.3 Å². The van der Waals surface area contributed by atoms with Crippen LogP contribution in [0.3, 0.4) is 0 Å². The Kier molecular flexibility index (Phi) is 3.09. The average Bonchev–Trinajstić information content (AvgIpc) is 1.83. The molecule has 1 aliphatic rings. The van der Waals surface area contributed by atoms with Crippen LogP contribution >= 0.6 is 0 Å². The van der Waals surface area contributed by atoms with Crippen LogP contribution in [0.5, 0.6) is 0 Å². The van der Waals surface area contributed by atoms with Crippen molar-refractivity contribution in [3.63, 3.8) is 0 Å². The fourth-order valence-corrected chi connectivity index (χ4v) is 1.69. The highest BCUT2D eigenvalue weighted by molar-refractivity contribution is 5.73. The van der Waals surface area contributed by atoms with Gasteiger partial charge in [-0.25, -0.2) is 0 Å². The molecule has 0 aromatic carbocycles. The fraction of sp³-hybridized carbons (Fsp3) is 0.889. The molecule has 0 aliphatic heterocycles. The third-order valence-corrected chi connectivity index (χ3v) is 2.81. The molecule has 3 heteroatoms. The maximum atomic E-state index is 10.8. The molecule has 70 valence electrons. The zero-order valence-corrected chi connectivity index (χ0v) is 7.79. The first-order valence-electron chi connectivity index (χ1n) is 4.61. The molecule has 1 N–H and O–H groups in total. The smallest absolute Gasteiger partial charge is 0.320 e. The molecule has 0 spiro atoms. The number of carbonyl (C=O) groups is 1. The van der Waals surface area contributed by atoms with Crippen LogP contribution in [0.25, 0.3) is 0 Å². The Balaban J connectivity index is 2.46. The van der Waals surface area contributed by atoms with E-state index < -0.39 is 5.97 Å². The minimum Gasteiger partial charge on any atom is -0.480 e. The molecule has 1 rings (SSSR count). The van der Waals surface area contributed by atoms with Gasteiger partial charge in [0.25, 0.3) is 0 Å². The normalized spacial score (nSPS) is 20.6. The van der Waals surface area contributed by atoms with Crippen molar-refractivity contribution in [1.29, 1.82) is 0 Å². The Labute approximate surface area is 73.4 Å². The van der Waals surface area contributed by atoms with Crippen LogP contribution in [0.1, 0.15) is 32.6 Å². The Morgan fingerprint density at radius 2 is 2.25 bits per heavy atom. The monoisotopic (exact) mass is 171 g/mol. The van der Waals surface area contributed by atoms with Crippen LogP contribution in [0.4, 0.5) is 0 Å². The number of carboxylic acids is 1. The largest absolute Gasteiger partial charge is 0.480 e. The molecule has 0 radical (unpaired) electrons. The summed E-state index contributed by atoms with van der Waals surface area (Å²) in [5.41, 5.74) is 0. The lowest BCUT2D eigenvalue weighted by molar-refractivity contribution is -0.144. The van der Waals surface area contributed by atoms with Gasteiger partial charge in [-0.15, -0.1) is 0 Å². The van der Waals surface area contributed by atoms with E-state index in [1.54, 1.807) is 0 Å². The minimum atomic E-state index is -0.688. The van der Waals surface area contributed by atoms with Gasteiger partial charge < -0.3 is 5.11 Å². The summed E-state index contributed by atoms with van der Waals surface area (Å²) >= 11 is 0. The van der Waals surface area contributed by atoms with E-state index in [0.29, 0.717) is 12.5 Å². The van der Waals surface area contributed by atoms with Crippen molar-refractivity contribution in [1.82, 2.24) is 4.90 Å². The van der Waals surface area contributed by atoms with Crippen LogP contribution < -0.4 is 0 Å². The van der Waals surface area contributed by atoms with Crippen LogP contribution in [-0.4, -0.2) is 35.1 Å². The van der Waals surface area contributed by atoms with Gasteiger partial charge in [-0.05, 0) is 26.3 Å². The topological polar surface area (TPSA) is 40.5 Å². The zero-order chi connectivity index (χ0) is 9.14. The van der Waals surface area contributed by atoms with E-state index in [9.17, 15) is 4.79 Å². The summed E-state index contributed by atoms with van der Waals surface area (Å²) in [7, 11) is 1.92. The van der Waals surface area contributed by atoms with Gasteiger partial charge in [-0.2, -0.15) is 0 Å². The van der Waals surface area contributed by atoms with Gasteiger partial charge in [0.2, 0.25) is 0 Å². The number of rotatable bonds is 4. The van der Waals surface area contributed by atoms with Gasteiger partial charge in [-0.3, -0.25) is 9.69 Å². The van der Waals surface area contributed by atoms with Gasteiger partial charge in [0.05, 0.1) is 0 Å². The quantitative estimate of drug-likeness (QED) is 0.693. The standard InChI is InChI=1S/C9H17NO2/c1-3-8(9(11)12)10(2)7-5-4-6-7/h7-8H,3-6H2,1-2H3,(H,11,12). The van der Waals surface area contributed by atoms with E-state index in [-0.39, 0.29) is 6.04 Å². The van der Waals surface area contributed by atoms with Crippen molar-refractivity contribution in [2.45, 2.75) is 44.7 Å². The molecule has 3 nitrogen and oxygen atoms in total. The van der Waals surface area contributed by atoms with E-state index in [1.807, 2.05) is 18.9 Å². The van der Waals surface area contributed by atoms with Gasteiger partial charge in [0.15, 0.2) is 0 Å². The molecule has 1 fully saturated rings. The lowest BCUT2D eigenvalue weighted by Gasteiger charge is -2.37. The van der Waals surface area contributed by atoms with Crippen molar-refractivity contribution in [2.75, 3.05) is 7.05 Å². The highest BCUT2D eigenvalue weighted by atomic mass is 16.4. The van der Waals surface area contributed by atoms with Crippen LogP contribution in [0.15, 0.2) is 0 Å². The number of aliphatic carboxylic acids is 1. The SMILES string of the molecule is CCC(C(=O)O)N(C)C1CCC1. The zero-order valence-electron chi connectivity index (χ0n) is 7.79. The van der Waals surface area contributed by atoms with Crippen molar-refractivity contribution >= 4 is 5.97 Å². The second kappa shape index (κ2) is 3.90. The van der Waals surface area contributed by atoms with E-state index in [2.05, 4.69) is 0 Å². The number of hydrogen-bond acceptors (Lipinski definition) is 2. The first-order chi connectivity index (χ1) is 5.66. The van der Waals surface area contributed by atoms with E-state index >= 15 is 0 Å². The van der Waals surface area contributed by atoms with Gasteiger partial charge >= 0.3 is 5.97 Å². The molecule has 1 unspecified atom stereocenters. The molecule has 0 aromatic rings. The molecule has 1 saturated carbocycles. The highest BCUT2D eigenvalue weighted by Crippen LogP contribution is 2.25. The summed E-state index contributed by atoms with van der Waals surface area (Å²) in [4.78, 5) is 12.8. The summed E-state index contributed by atoms with van der Waals surface area (Å²) < 4.78 is 0. The lowest BCUT2D eigenvalue weighted by Crippen LogP contribution is -2.47. The first-order valence-corrected chi connectivity index (χ1v) is 4.61. The molecule has 0 heterocycles. The van der Waals surface area contributed by atoms with E-state index in [4.69, 9.17) is 5.11 Å². The van der Waals surface area contributed by atoms with Gasteiger partial charge in [0, 0.05) is 6.04 Å². The second-order valence-corrected chi connectivity index (χ2v) is 3.51. The molecule has 1 aliphatic carbocycles. The molecule has 0 aromatic heterocycles. The fourth-order valence-electron chi connectivity index (χ4n) is 1.69. The number of likely N-dealkylation sites (N-methyl/N-ethyl adjacent to an activating group) is 1. The predicted octanol–water partition coefficient (Wildman–Crippen LogP) is 1.33. The average molecular weight is 171 g/mol. The number of hydrogen-bond donors (Lipinski definition) is 1. The molecule has 1 atom stereocenters. The molecular formula is C9H17NO2. The molecule has 0 bridgehead atoms. The van der Waals surface area contributed by atoms with Crippen molar-refractivity contribution in [3.05, 3.63) is 0 Å². The first kappa shape index (κ1) is 9.52. The summed E-state index contributed by atoms with van der Waals surface area (Å²) in [6.45, 7) is 1.92. The maximum Gasteiger partial charge on any atom is 0.320 e. The molecule has 12 heavy (non-hydrogen) atoms. The number of nitrogens with zero attached hydrogens (tertiary/aromatic N) is 1. The molecule has 0 amide bonds. The Bertz CT molecular complexity index is 166. The Morgan fingerprint density at radius 3 is 2.50 bits per heavy atom. The van der Waals surface area contributed by atoms with Crippen molar-refractivity contribution < 1.29 is 9.90 Å². The van der Waals surface area contributed by atoms with Crippen molar-refractivity contribution in [2.24, 2.45) is 0 Å². The highest BCUT2D eigenvalue weighted by Gasteiger charge is 2.30. The lowest BCUT2D eigenvalue weighted by atomic mass is 9.90. The second-order valence-electron chi connectivity index (χ2n) is 3.51. The van der Waals surface area contributed by atoms with Crippen LogP contribution in [-0.2, 0) is 4.79 Å². The van der Waals surface area contributed by atoms with Crippen LogP contribution in [0, 0.1) is 0 Å². The maximum absolute atomic E-state index is 10.8. The predicted molar refractivity (Wildman–Crippen MR) is 47.1 cm³/mol. The summed E-state index contributed by atoms with van der Waals surface area (Å²) in [6.07, 6.45) is 4.29. The van der Waals surface area contributed by atoms with Gasteiger partial charge in [-0.1, -0.05) is 13.3 Å². The Morgan fingerprint density at radius 1 is 1.67 bits per heavy atom. The molecular weight excluding hydrogens is 154 g/mol. The summed E-state index contributed by atoms with van der Waals surface area (Å²) in [5, 5.41) is 8.87. The van der Waals surface area contributed by atoms with Gasteiger partial charge in [0.1, 0.15) is 6.04 Å². The van der Waals surface area contributed by atoms with Crippen LogP contribution in [0.2, 0.25) is 0 Å². The minimum absolute atomic E-state index is 0.282. The summed E-state index contributed by atoms with van der Waals surface area (Å²) in [5.74, 6) is -0.688. The Hall–Kier alpha value is -0.570. The summed E-state index contributed by atoms with van der Waals surface area (Å²) in [6, 6.07) is 0.237.